The number of carbonyl (C=O) groups excluding carboxylic acids is 2. The Balaban J connectivity index is 1.47. The fourth-order valence-electron chi connectivity index (χ4n) is 3.06. The molecule has 1 N–H and O–H groups in total. The lowest BCUT2D eigenvalue weighted by molar-refractivity contribution is -0.125. The molecule has 0 fully saturated rings. The molecule has 26 heavy (non-hydrogen) atoms. The van der Waals surface area contributed by atoms with Crippen LogP contribution in [-0.4, -0.2) is 31.0 Å². The second kappa shape index (κ2) is 8.52. The lowest BCUT2D eigenvalue weighted by atomic mass is 10.1. The number of ether oxygens (including phenoxy) is 1. The molecule has 0 spiro atoms. The summed E-state index contributed by atoms with van der Waals surface area (Å²) >= 11 is 0. The Morgan fingerprint density at radius 3 is 2.62 bits per heavy atom. The minimum Gasteiger partial charge on any atom is -0.487 e. The van der Waals surface area contributed by atoms with E-state index in [-0.39, 0.29) is 30.8 Å². The Hall–Kier alpha value is -2.82. The molecule has 5 nitrogen and oxygen atoms in total. The van der Waals surface area contributed by atoms with E-state index in [0.717, 1.165) is 12.1 Å². The summed E-state index contributed by atoms with van der Waals surface area (Å²) in [7, 11) is 0. The van der Waals surface area contributed by atoms with Gasteiger partial charge < -0.3 is 15.0 Å². The molecule has 0 saturated heterocycles. The second-order valence-corrected chi connectivity index (χ2v) is 6.49. The number of rotatable bonds is 6. The van der Waals surface area contributed by atoms with Gasteiger partial charge in [0, 0.05) is 19.4 Å². The van der Waals surface area contributed by atoms with Gasteiger partial charge in [-0.15, -0.1) is 0 Å². The zero-order chi connectivity index (χ0) is 18.4. The number of hydrogen-bond acceptors (Lipinski definition) is 3. The normalized spacial score (nSPS) is 15.7. The quantitative estimate of drug-likeness (QED) is 0.870. The van der Waals surface area contributed by atoms with Crippen LogP contribution < -0.4 is 15.0 Å². The summed E-state index contributed by atoms with van der Waals surface area (Å²) in [6, 6.07) is 17.5. The zero-order valence-corrected chi connectivity index (χ0v) is 15.0. The van der Waals surface area contributed by atoms with Crippen molar-refractivity contribution in [2.45, 2.75) is 32.3 Å². The highest BCUT2D eigenvalue weighted by Gasteiger charge is 2.27. The molecule has 0 saturated carbocycles. The van der Waals surface area contributed by atoms with Crippen molar-refractivity contribution in [3.8, 4) is 5.75 Å². The molecule has 0 bridgehead atoms. The van der Waals surface area contributed by atoms with Gasteiger partial charge in [0.25, 0.3) is 0 Å². The monoisotopic (exact) mass is 352 g/mol. The molecule has 0 aliphatic carbocycles. The van der Waals surface area contributed by atoms with E-state index >= 15 is 0 Å². The van der Waals surface area contributed by atoms with E-state index in [1.54, 1.807) is 4.90 Å². The van der Waals surface area contributed by atoms with E-state index < -0.39 is 0 Å². The summed E-state index contributed by atoms with van der Waals surface area (Å²) in [4.78, 5) is 26.3. The van der Waals surface area contributed by atoms with E-state index in [1.807, 2.05) is 61.5 Å². The standard InChI is InChI=1S/C21H24N2O3/c1-16-15-23(18-9-5-6-10-19(18)26-16)21(25)12-11-20(24)22-14-13-17-7-3-2-4-8-17/h2-10,16H,11-15H2,1H3,(H,22,24)/t16-/m1/s1. The predicted octanol–water partition coefficient (Wildman–Crippen LogP) is 2.94. The Bertz CT molecular complexity index is 761. The van der Waals surface area contributed by atoms with Gasteiger partial charge in [-0.1, -0.05) is 42.5 Å². The van der Waals surface area contributed by atoms with Crippen molar-refractivity contribution < 1.29 is 14.3 Å². The summed E-state index contributed by atoms with van der Waals surface area (Å²) in [5, 5.41) is 2.88. The first-order valence-electron chi connectivity index (χ1n) is 9.00. The van der Waals surface area contributed by atoms with Crippen LogP contribution in [-0.2, 0) is 16.0 Å². The van der Waals surface area contributed by atoms with Gasteiger partial charge in [0.05, 0.1) is 12.2 Å². The zero-order valence-electron chi connectivity index (χ0n) is 15.0. The summed E-state index contributed by atoms with van der Waals surface area (Å²) in [6.45, 7) is 3.02. The maximum Gasteiger partial charge on any atom is 0.227 e. The van der Waals surface area contributed by atoms with Crippen LogP contribution in [0.1, 0.15) is 25.3 Å². The molecule has 3 rings (SSSR count). The molecule has 2 aromatic rings. The van der Waals surface area contributed by atoms with Crippen molar-refractivity contribution >= 4 is 17.5 Å². The predicted molar refractivity (Wildman–Crippen MR) is 101 cm³/mol. The first kappa shape index (κ1) is 18.0. The van der Waals surface area contributed by atoms with Crippen molar-refractivity contribution in [2.24, 2.45) is 0 Å². The van der Waals surface area contributed by atoms with Gasteiger partial charge in [-0.2, -0.15) is 0 Å². The van der Waals surface area contributed by atoms with E-state index in [9.17, 15) is 9.59 Å². The Morgan fingerprint density at radius 2 is 1.81 bits per heavy atom. The fourth-order valence-corrected chi connectivity index (χ4v) is 3.06. The van der Waals surface area contributed by atoms with Gasteiger partial charge in [0.1, 0.15) is 11.9 Å². The third-order valence-corrected chi connectivity index (χ3v) is 4.37. The van der Waals surface area contributed by atoms with Crippen LogP contribution in [0.2, 0.25) is 0 Å². The lowest BCUT2D eigenvalue weighted by Gasteiger charge is -2.33. The van der Waals surface area contributed by atoms with E-state index in [0.29, 0.717) is 18.8 Å². The van der Waals surface area contributed by atoms with Crippen LogP contribution in [0.5, 0.6) is 5.75 Å². The molecular weight excluding hydrogens is 328 g/mol. The number of hydrogen-bond donors (Lipinski definition) is 1. The largest absolute Gasteiger partial charge is 0.487 e. The number of nitrogens with one attached hydrogen (secondary N) is 1. The third kappa shape index (κ3) is 4.63. The fraction of sp³-hybridized carbons (Fsp3) is 0.333. The average Bonchev–Trinajstić information content (AvgIpc) is 2.66. The number of carbonyl (C=O) groups is 2. The van der Waals surface area contributed by atoms with E-state index in [1.165, 1.54) is 5.56 Å². The van der Waals surface area contributed by atoms with Gasteiger partial charge in [-0.05, 0) is 31.0 Å². The van der Waals surface area contributed by atoms with Gasteiger partial charge >= 0.3 is 0 Å². The molecule has 2 aromatic carbocycles. The van der Waals surface area contributed by atoms with Crippen molar-refractivity contribution in [3.05, 3.63) is 60.2 Å². The van der Waals surface area contributed by atoms with Crippen LogP contribution in [0.3, 0.4) is 0 Å². The smallest absolute Gasteiger partial charge is 0.227 e. The second-order valence-electron chi connectivity index (χ2n) is 6.49. The molecule has 0 radical (unpaired) electrons. The van der Waals surface area contributed by atoms with Gasteiger partial charge in [-0.25, -0.2) is 0 Å². The third-order valence-electron chi connectivity index (χ3n) is 4.37. The molecule has 1 heterocycles. The van der Waals surface area contributed by atoms with Crippen LogP contribution in [0.15, 0.2) is 54.6 Å². The molecule has 0 aromatic heterocycles. The summed E-state index contributed by atoms with van der Waals surface area (Å²) in [5.41, 5.74) is 1.96. The number of anilines is 1. The molecule has 1 aliphatic rings. The highest BCUT2D eigenvalue weighted by atomic mass is 16.5. The molecule has 5 heteroatoms. The van der Waals surface area contributed by atoms with Crippen molar-refractivity contribution in [1.29, 1.82) is 0 Å². The van der Waals surface area contributed by atoms with E-state index in [4.69, 9.17) is 4.74 Å². The average molecular weight is 352 g/mol. The number of amides is 2. The van der Waals surface area contributed by atoms with Crippen LogP contribution in [0, 0.1) is 0 Å². The Labute approximate surface area is 154 Å². The van der Waals surface area contributed by atoms with Crippen molar-refractivity contribution in [3.63, 3.8) is 0 Å². The van der Waals surface area contributed by atoms with Crippen molar-refractivity contribution in [1.82, 2.24) is 5.32 Å². The molecule has 0 unspecified atom stereocenters. The lowest BCUT2D eigenvalue weighted by Crippen LogP contribution is -2.42. The molecule has 1 aliphatic heterocycles. The molecule has 1 atom stereocenters. The van der Waals surface area contributed by atoms with E-state index in [2.05, 4.69) is 5.32 Å². The van der Waals surface area contributed by atoms with Gasteiger partial charge in [0.15, 0.2) is 0 Å². The van der Waals surface area contributed by atoms with Gasteiger partial charge in [0.2, 0.25) is 11.8 Å². The molecular formula is C21H24N2O3. The van der Waals surface area contributed by atoms with Gasteiger partial charge in [-0.3, -0.25) is 9.59 Å². The molecule has 136 valence electrons. The maximum absolute atomic E-state index is 12.6. The Kier molecular flexibility index (Phi) is 5.89. The number of fused-ring (bicyclic) bond motifs is 1. The summed E-state index contributed by atoms with van der Waals surface area (Å²) < 4.78 is 5.76. The SMILES string of the molecule is C[C@@H]1CN(C(=O)CCC(=O)NCCc2ccccc2)c2ccccc2O1. The maximum atomic E-state index is 12.6. The minimum absolute atomic E-state index is 0.0502. The topological polar surface area (TPSA) is 58.6 Å². The highest BCUT2D eigenvalue weighted by molar-refractivity contribution is 5.97. The van der Waals surface area contributed by atoms with Crippen LogP contribution in [0.4, 0.5) is 5.69 Å². The number of benzene rings is 2. The summed E-state index contributed by atoms with van der Waals surface area (Å²) in [5.74, 6) is 0.571. The first-order valence-corrected chi connectivity index (χ1v) is 9.00. The van der Waals surface area contributed by atoms with Crippen LogP contribution >= 0.6 is 0 Å². The van der Waals surface area contributed by atoms with Crippen LogP contribution in [0.25, 0.3) is 0 Å². The summed E-state index contributed by atoms with van der Waals surface area (Å²) in [6.07, 6.45) is 1.11. The first-order chi connectivity index (χ1) is 12.6. The Morgan fingerprint density at radius 1 is 1.08 bits per heavy atom. The minimum atomic E-state index is -0.0936. The van der Waals surface area contributed by atoms with Crippen molar-refractivity contribution in [2.75, 3.05) is 18.0 Å². The highest BCUT2D eigenvalue weighted by Crippen LogP contribution is 2.33. The number of nitrogens with zero attached hydrogens (tertiary/aromatic N) is 1. The number of para-hydroxylation sites is 2. The molecule has 2 amide bonds.